The Balaban J connectivity index is 2.27. The fraction of sp³-hybridized carbons (Fsp3) is 0.214. The first kappa shape index (κ1) is 15.7. The number of anilines is 1. The molecular formula is C14H13BrClN3O2. The van der Waals surface area contributed by atoms with Crippen LogP contribution in [0.1, 0.15) is 16.8 Å². The van der Waals surface area contributed by atoms with Crippen molar-refractivity contribution < 1.29 is 4.92 Å². The van der Waals surface area contributed by atoms with Gasteiger partial charge in [0.05, 0.1) is 28.4 Å². The topological polar surface area (TPSA) is 68.1 Å². The summed E-state index contributed by atoms with van der Waals surface area (Å²) in [7, 11) is 0. The SMILES string of the molecule is Cc1cnc(CNc2cc(Cl)ccc2Br)c(C)c1[N+](=O)[O-]. The van der Waals surface area contributed by atoms with Crippen molar-refractivity contribution in [3.05, 3.63) is 60.8 Å². The standard InChI is InChI=1S/C14H13BrClN3O2/c1-8-6-17-13(9(2)14(8)19(20)21)7-18-12-5-10(16)3-4-11(12)15/h3-6,18H,7H2,1-2H3. The lowest BCUT2D eigenvalue weighted by Gasteiger charge is -2.11. The molecule has 1 heterocycles. The number of hydrogen-bond acceptors (Lipinski definition) is 4. The second-order valence-corrected chi connectivity index (χ2v) is 5.89. The number of aromatic nitrogens is 1. The van der Waals surface area contributed by atoms with E-state index in [1.54, 1.807) is 26.0 Å². The molecule has 2 aromatic rings. The molecule has 0 aliphatic rings. The second kappa shape index (κ2) is 6.41. The second-order valence-electron chi connectivity index (χ2n) is 4.60. The summed E-state index contributed by atoms with van der Waals surface area (Å²) in [5.41, 5.74) is 2.70. The van der Waals surface area contributed by atoms with E-state index >= 15 is 0 Å². The summed E-state index contributed by atoms with van der Waals surface area (Å²) < 4.78 is 0.867. The molecule has 0 fully saturated rings. The molecule has 1 aromatic heterocycles. The molecule has 110 valence electrons. The average Bonchev–Trinajstić information content (AvgIpc) is 2.41. The summed E-state index contributed by atoms with van der Waals surface area (Å²) >= 11 is 9.37. The molecule has 0 saturated heterocycles. The zero-order valence-electron chi connectivity index (χ0n) is 11.5. The molecule has 0 radical (unpaired) electrons. The Morgan fingerprint density at radius 1 is 1.43 bits per heavy atom. The third-order valence-corrected chi connectivity index (χ3v) is 4.06. The Morgan fingerprint density at radius 2 is 2.14 bits per heavy atom. The van der Waals surface area contributed by atoms with Gasteiger partial charge in [-0.3, -0.25) is 15.1 Å². The van der Waals surface area contributed by atoms with Crippen LogP contribution in [-0.4, -0.2) is 9.91 Å². The van der Waals surface area contributed by atoms with Crippen LogP contribution < -0.4 is 5.32 Å². The van der Waals surface area contributed by atoms with Gasteiger partial charge in [0.15, 0.2) is 0 Å². The lowest BCUT2D eigenvalue weighted by molar-refractivity contribution is -0.386. The predicted molar refractivity (Wildman–Crippen MR) is 86.8 cm³/mol. The van der Waals surface area contributed by atoms with Crippen LogP contribution in [-0.2, 0) is 6.54 Å². The minimum Gasteiger partial charge on any atom is -0.378 e. The van der Waals surface area contributed by atoms with Crippen molar-refractivity contribution in [2.24, 2.45) is 0 Å². The van der Waals surface area contributed by atoms with Gasteiger partial charge in [0.25, 0.3) is 5.69 Å². The van der Waals surface area contributed by atoms with E-state index in [4.69, 9.17) is 11.6 Å². The molecule has 0 saturated carbocycles. The van der Waals surface area contributed by atoms with Gasteiger partial charge in [-0.15, -0.1) is 0 Å². The smallest absolute Gasteiger partial charge is 0.278 e. The first-order chi connectivity index (χ1) is 9.90. The van der Waals surface area contributed by atoms with Crippen molar-refractivity contribution >= 4 is 38.9 Å². The number of nitro groups is 1. The lowest BCUT2D eigenvalue weighted by atomic mass is 10.1. The molecule has 0 unspecified atom stereocenters. The normalized spacial score (nSPS) is 10.5. The zero-order chi connectivity index (χ0) is 15.6. The Kier molecular flexibility index (Phi) is 4.80. The Hall–Kier alpha value is -1.66. The number of halogens is 2. The Labute approximate surface area is 135 Å². The quantitative estimate of drug-likeness (QED) is 0.629. The maximum Gasteiger partial charge on any atom is 0.278 e. The maximum atomic E-state index is 11.1. The summed E-state index contributed by atoms with van der Waals surface area (Å²) in [5.74, 6) is 0. The largest absolute Gasteiger partial charge is 0.378 e. The van der Waals surface area contributed by atoms with Crippen LogP contribution in [0.4, 0.5) is 11.4 Å². The third kappa shape index (κ3) is 3.51. The number of nitrogens with zero attached hydrogens (tertiary/aromatic N) is 2. The molecule has 7 heteroatoms. The van der Waals surface area contributed by atoms with Gasteiger partial charge in [0.1, 0.15) is 0 Å². The van der Waals surface area contributed by atoms with Gasteiger partial charge in [0.2, 0.25) is 0 Å². The van der Waals surface area contributed by atoms with E-state index in [-0.39, 0.29) is 10.6 Å². The van der Waals surface area contributed by atoms with E-state index < -0.39 is 0 Å². The van der Waals surface area contributed by atoms with Crippen molar-refractivity contribution in [3.63, 3.8) is 0 Å². The summed E-state index contributed by atoms with van der Waals surface area (Å²) in [6.07, 6.45) is 1.52. The van der Waals surface area contributed by atoms with E-state index in [0.29, 0.717) is 28.4 Å². The molecule has 1 aromatic carbocycles. The van der Waals surface area contributed by atoms with E-state index in [2.05, 4.69) is 26.2 Å². The van der Waals surface area contributed by atoms with Gasteiger partial charge in [-0.05, 0) is 48.0 Å². The van der Waals surface area contributed by atoms with Crippen LogP contribution in [0.3, 0.4) is 0 Å². The molecule has 21 heavy (non-hydrogen) atoms. The fourth-order valence-corrected chi connectivity index (χ4v) is 2.60. The molecule has 0 spiro atoms. The fourth-order valence-electron chi connectivity index (χ4n) is 2.04. The van der Waals surface area contributed by atoms with Gasteiger partial charge in [-0.2, -0.15) is 0 Å². The Morgan fingerprint density at radius 3 is 2.81 bits per heavy atom. The molecule has 1 N–H and O–H groups in total. The minimum atomic E-state index is -0.370. The summed E-state index contributed by atoms with van der Waals surface area (Å²) in [4.78, 5) is 15.0. The van der Waals surface area contributed by atoms with Crippen molar-refractivity contribution in [1.82, 2.24) is 4.98 Å². The van der Waals surface area contributed by atoms with E-state index in [9.17, 15) is 10.1 Å². The molecule has 2 rings (SSSR count). The van der Waals surface area contributed by atoms with Gasteiger partial charge in [-0.1, -0.05) is 11.6 Å². The van der Waals surface area contributed by atoms with E-state index in [1.165, 1.54) is 6.20 Å². The highest BCUT2D eigenvalue weighted by Crippen LogP contribution is 2.28. The summed E-state index contributed by atoms with van der Waals surface area (Å²) in [6, 6.07) is 5.39. The highest BCUT2D eigenvalue weighted by Gasteiger charge is 2.18. The van der Waals surface area contributed by atoms with E-state index in [0.717, 1.165) is 10.2 Å². The molecular weight excluding hydrogens is 358 g/mol. The summed E-state index contributed by atoms with van der Waals surface area (Å²) in [5, 5.41) is 14.9. The van der Waals surface area contributed by atoms with E-state index in [1.807, 2.05) is 6.07 Å². The van der Waals surface area contributed by atoms with Crippen LogP contribution in [0.2, 0.25) is 5.02 Å². The van der Waals surface area contributed by atoms with Gasteiger partial charge in [-0.25, -0.2) is 0 Å². The number of rotatable bonds is 4. The lowest BCUT2D eigenvalue weighted by Crippen LogP contribution is -2.07. The number of benzene rings is 1. The highest BCUT2D eigenvalue weighted by atomic mass is 79.9. The highest BCUT2D eigenvalue weighted by molar-refractivity contribution is 9.10. The van der Waals surface area contributed by atoms with Gasteiger partial charge < -0.3 is 5.32 Å². The third-order valence-electron chi connectivity index (χ3n) is 3.13. The molecule has 0 amide bonds. The number of aryl methyl sites for hydroxylation is 1. The number of nitrogens with one attached hydrogen (secondary N) is 1. The molecule has 0 aliphatic heterocycles. The number of pyridine rings is 1. The Bertz CT molecular complexity index is 707. The van der Waals surface area contributed by atoms with Crippen LogP contribution in [0.25, 0.3) is 0 Å². The van der Waals surface area contributed by atoms with Gasteiger partial charge in [0, 0.05) is 21.3 Å². The molecule has 5 nitrogen and oxygen atoms in total. The van der Waals surface area contributed by atoms with Crippen molar-refractivity contribution in [2.75, 3.05) is 5.32 Å². The van der Waals surface area contributed by atoms with Crippen molar-refractivity contribution in [2.45, 2.75) is 20.4 Å². The number of hydrogen-bond donors (Lipinski definition) is 1. The van der Waals surface area contributed by atoms with Crippen molar-refractivity contribution in [3.8, 4) is 0 Å². The predicted octanol–water partition coefficient (Wildman–Crippen LogP) is 4.63. The first-order valence-corrected chi connectivity index (χ1v) is 7.35. The van der Waals surface area contributed by atoms with Crippen LogP contribution in [0, 0.1) is 24.0 Å². The molecule has 0 bridgehead atoms. The average molecular weight is 371 g/mol. The van der Waals surface area contributed by atoms with Crippen molar-refractivity contribution in [1.29, 1.82) is 0 Å². The molecule has 0 atom stereocenters. The van der Waals surface area contributed by atoms with Crippen LogP contribution in [0.5, 0.6) is 0 Å². The maximum absolute atomic E-state index is 11.1. The first-order valence-electron chi connectivity index (χ1n) is 6.18. The zero-order valence-corrected chi connectivity index (χ0v) is 13.8. The molecule has 0 aliphatic carbocycles. The summed E-state index contributed by atoms with van der Waals surface area (Å²) in [6.45, 7) is 3.77. The van der Waals surface area contributed by atoms with Gasteiger partial charge >= 0.3 is 0 Å². The minimum absolute atomic E-state index is 0.118. The van der Waals surface area contributed by atoms with Crippen LogP contribution >= 0.6 is 27.5 Å². The van der Waals surface area contributed by atoms with Crippen LogP contribution in [0.15, 0.2) is 28.9 Å². The monoisotopic (exact) mass is 369 g/mol.